The first-order valence-electron chi connectivity index (χ1n) is 46.7. The van der Waals surface area contributed by atoms with Gasteiger partial charge in [-0.25, -0.2) is 0 Å². The molecule has 0 aliphatic heterocycles. The van der Waals surface area contributed by atoms with Crippen LogP contribution in [0, 0.1) is 125 Å². The Bertz CT molecular complexity index is 6330. The van der Waals surface area contributed by atoms with Gasteiger partial charge in [0.05, 0.1) is 0 Å². The third-order valence-corrected chi connectivity index (χ3v) is 28.1. The van der Waals surface area contributed by atoms with Crippen molar-refractivity contribution in [3.63, 3.8) is 0 Å². The second-order valence-electron chi connectivity index (χ2n) is 38.0. The summed E-state index contributed by atoms with van der Waals surface area (Å²) in [6, 6.07) is 77.2. The average Bonchev–Trinajstić information content (AvgIpc) is 1.69. The zero-order chi connectivity index (χ0) is 88.4. The molecule has 0 fully saturated rings. The minimum atomic E-state index is 1.03. The SMILES string of the molecule is CC1=CC(C)=C(C)C1.Cc1cc2c3c(c1)CCCc1c(C)c(C)cc(c1-3)CCC2.Cc1ccc(C2=CC=C(c3ccc(C)c(C)c3)C2)cc1.Cc1ccc(C2=CC=C(c3ccccc3C)C2)cc1C.Cc1ccc2c(c1)-c1cc(C)c(C)cc1CCC2.Cc1ccc2c(c1)CCCc1cc(C)c(C)cc1-2.Cc1cccc(C2=CC=C(c3ccc(C)c(C)c3)C2)c1. The molecule has 0 radical (unpaired) electrons. The van der Waals surface area contributed by atoms with Gasteiger partial charge in [0, 0.05) is 0 Å². The van der Waals surface area contributed by atoms with Crippen LogP contribution in [0.15, 0.2) is 266 Å². The number of fused-ring (bicyclic) bond motifs is 6. The third kappa shape index (κ3) is 21.7. The summed E-state index contributed by atoms with van der Waals surface area (Å²) < 4.78 is 0. The van der Waals surface area contributed by atoms with Gasteiger partial charge in [-0.2, -0.15) is 0 Å². The van der Waals surface area contributed by atoms with Crippen LogP contribution in [-0.4, -0.2) is 0 Å². The molecule has 0 spiro atoms. The molecule has 0 bridgehead atoms. The van der Waals surface area contributed by atoms with E-state index < -0.39 is 0 Å². The van der Waals surface area contributed by atoms with E-state index in [4.69, 9.17) is 0 Å². The van der Waals surface area contributed by atoms with Gasteiger partial charge in [0.2, 0.25) is 0 Å². The number of hydrogen-bond acceptors (Lipinski definition) is 0. The molecule has 0 heterocycles. The van der Waals surface area contributed by atoms with Crippen molar-refractivity contribution in [3.05, 3.63) is 444 Å². The summed E-state index contributed by atoms with van der Waals surface area (Å²) >= 11 is 0. The average molecular weight is 1640 g/mol. The fraction of sp³-hybridized carbons (Fsp3) is 0.296. The number of allylic oxidation sites excluding steroid dienone is 16. The van der Waals surface area contributed by atoms with Crippen LogP contribution in [0.25, 0.3) is 66.8 Å². The molecule has 0 saturated carbocycles. The predicted octanol–water partition coefficient (Wildman–Crippen LogP) is 33.9. The first kappa shape index (κ1) is 89.8. The first-order valence-corrected chi connectivity index (χ1v) is 46.7. The molecule has 0 saturated heterocycles. The summed E-state index contributed by atoms with van der Waals surface area (Å²) in [5.74, 6) is 0. The van der Waals surface area contributed by atoms with Crippen molar-refractivity contribution < 1.29 is 0 Å². The van der Waals surface area contributed by atoms with E-state index in [9.17, 15) is 0 Å². The molecule has 0 unspecified atom stereocenters. The first-order chi connectivity index (χ1) is 60.1. The van der Waals surface area contributed by atoms with E-state index in [1.165, 1.54) is 312 Å². The Balaban J connectivity index is 0.000000120. The maximum absolute atomic E-state index is 2.47. The summed E-state index contributed by atoms with van der Waals surface area (Å²) in [6.07, 6.45) is 35.1. The van der Waals surface area contributed by atoms with E-state index in [2.05, 4.69) is 394 Å². The zero-order valence-corrected chi connectivity index (χ0v) is 79.5. The fourth-order valence-corrected chi connectivity index (χ4v) is 19.6. The quantitative estimate of drug-likeness (QED) is 0.156. The van der Waals surface area contributed by atoms with Gasteiger partial charge in [-0.3, -0.25) is 0 Å². The molecule has 12 aromatic rings. The summed E-state index contributed by atoms with van der Waals surface area (Å²) in [5, 5.41) is 0. The third-order valence-electron chi connectivity index (χ3n) is 28.1. The van der Waals surface area contributed by atoms with E-state index in [1.807, 2.05) is 0 Å². The van der Waals surface area contributed by atoms with Gasteiger partial charge >= 0.3 is 0 Å². The van der Waals surface area contributed by atoms with E-state index in [0.29, 0.717) is 0 Å². The van der Waals surface area contributed by atoms with Crippen LogP contribution in [0.5, 0.6) is 0 Å². The topological polar surface area (TPSA) is 0 Å². The Kier molecular flexibility index (Phi) is 28.9. The summed E-state index contributed by atoms with van der Waals surface area (Å²) in [6.45, 7) is 46.2. The standard InChI is InChI=1S/C21H24.3C20H20.2C18H20.C8H12/c1-13-10-16-6-4-7-18-12-14(2)15(3)19-9-5-8-17(11-13)20(16)21(18)19;1-14-4-7-17(8-5-14)19-10-11-20(13-19)18-9-6-15(2)16(3)12-18;1-14-5-4-6-17(11-14)19-9-10-20(13-19)18-8-7-15(2)16(3)12-18;1-14-8-9-17(12-16(14)3)18-10-11-19(13-18)20-7-5-4-6-15(20)2;1-12-7-8-17-15(9-12)5-4-6-16-10-13(2)14(3)11-18(16)17;1-12-7-8-15-5-4-6-16-10-13(2)14(3)11-18(16)17(15)9-12;1-6-4-7(2)8(3)5-6/h10-12H,4-9H2,1-3H3;3*4-12H,13H2,1-3H3;2*7-11H,4-6H2,1-3H3;4H,5H2,1-3H3. The predicted molar refractivity (Wildman–Crippen MR) is 546 cm³/mol. The van der Waals surface area contributed by atoms with Crippen molar-refractivity contribution in [1.29, 1.82) is 0 Å². The molecule has 20 rings (SSSR count). The van der Waals surface area contributed by atoms with Crippen LogP contribution >= 0.6 is 0 Å². The van der Waals surface area contributed by atoms with E-state index >= 15 is 0 Å². The molecular weight excluding hydrogens is 1500 g/mol. The normalized spacial score (nSPS) is 14.7. The maximum atomic E-state index is 2.47. The van der Waals surface area contributed by atoms with Gasteiger partial charge in [-0.1, -0.05) is 293 Å². The van der Waals surface area contributed by atoms with Crippen molar-refractivity contribution >= 4 is 33.4 Å². The van der Waals surface area contributed by atoms with E-state index in [1.54, 1.807) is 33.4 Å². The maximum Gasteiger partial charge on any atom is -0.00138 e. The minimum absolute atomic E-state index is 1.03. The summed E-state index contributed by atoms with van der Waals surface area (Å²) in [5.41, 5.74) is 67.8. The molecule has 0 aromatic heterocycles. The number of aryl methyl sites for hydroxylation is 24. The van der Waals surface area contributed by atoms with Crippen molar-refractivity contribution in [2.24, 2.45) is 0 Å². The Labute approximate surface area is 753 Å². The molecule has 0 N–H and O–H groups in total. The van der Waals surface area contributed by atoms with Gasteiger partial charge in [0.15, 0.2) is 0 Å². The molecule has 8 aliphatic rings. The lowest BCUT2D eigenvalue weighted by atomic mass is 9.85. The largest absolute Gasteiger partial charge is 0.0690 e. The smallest absolute Gasteiger partial charge is 0.00138 e. The molecule has 8 aliphatic carbocycles. The van der Waals surface area contributed by atoms with Crippen LogP contribution in [0.2, 0.25) is 0 Å². The molecule has 125 heavy (non-hydrogen) atoms. The molecule has 0 nitrogen and oxygen atoms in total. The van der Waals surface area contributed by atoms with Crippen molar-refractivity contribution in [3.8, 4) is 33.4 Å². The van der Waals surface area contributed by atoms with Crippen LogP contribution in [0.4, 0.5) is 0 Å². The van der Waals surface area contributed by atoms with Gasteiger partial charge in [0.1, 0.15) is 0 Å². The van der Waals surface area contributed by atoms with Crippen LogP contribution in [-0.2, 0) is 51.4 Å². The molecule has 0 amide bonds. The highest BCUT2D eigenvalue weighted by atomic mass is 14.3. The van der Waals surface area contributed by atoms with Crippen LogP contribution < -0.4 is 0 Å². The van der Waals surface area contributed by atoms with Crippen LogP contribution in [0.3, 0.4) is 0 Å². The van der Waals surface area contributed by atoms with Gasteiger partial charge < -0.3 is 0 Å². The lowest BCUT2D eigenvalue weighted by Crippen LogP contribution is -2.00. The number of hydrogen-bond donors (Lipinski definition) is 0. The van der Waals surface area contributed by atoms with Crippen molar-refractivity contribution in [2.45, 2.75) is 248 Å². The highest BCUT2D eigenvalue weighted by molar-refractivity contribution is 5.90. The summed E-state index contributed by atoms with van der Waals surface area (Å²) in [7, 11) is 0. The van der Waals surface area contributed by atoms with Gasteiger partial charge in [0.25, 0.3) is 0 Å². The Morgan fingerprint density at radius 2 is 0.584 bits per heavy atom. The van der Waals surface area contributed by atoms with E-state index in [0.717, 1.165) is 19.3 Å². The second kappa shape index (κ2) is 40.2. The van der Waals surface area contributed by atoms with E-state index in [-0.39, 0.29) is 0 Å². The Hall–Kier alpha value is -11.4. The monoisotopic (exact) mass is 1640 g/mol. The zero-order valence-electron chi connectivity index (χ0n) is 79.5. The van der Waals surface area contributed by atoms with Gasteiger partial charge in [-0.05, 0) is 465 Å². The fourth-order valence-electron chi connectivity index (χ4n) is 19.6. The number of rotatable bonds is 6. The minimum Gasteiger partial charge on any atom is -0.0690 e. The van der Waals surface area contributed by atoms with Crippen LogP contribution in [0.1, 0.15) is 250 Å². The molecule has 636 valence electrons. The molecule has 0 heteroatoms. The molecular formula is C125H136. The number of benzene rings is 12. The van der Waals surface area contributed by atoms with Gasteiger partial charge in [-0.15, -0.1) is 0 Å². The highest BCUT2D eigenvalue weighted by Gasteiger charge is 2.27. The summed E-state index contributed by atoms with van der Waals surface area (Å²) in [4.78, 5) is 0. The van der Waals surface area contributed by atoms with Crippen molar-refractivity contribution in [1.82, 2.24) is 0 Å². The lowest BCUT2D eigenvalue weighted by molar-refractivity contribution is 0.809. The second-order valence-corrected chi connectivity index (χ2v) is 38.0. The van der Waals surface area contributed by atoms with Crippen molar-refractivity contribution in [2.75, 3.05) is 0 Å². The Morgan fingerprint density at radius 1 is 0.200 bits per heavy atom. The lowest BCUT2D eigenvalue weighted by Gasteiger charge is -2.19. The Morgan fingerprint density at radius 3 is 1.08 bits per heavy atom. The molecule has 0 atom stereocenters. The molecule has 12 aromatic carbocycles. The highest BCUT2D eigenvalue weighted by Crippen LogP contribution is 2.45.